The predicted octanol–water partition coefficient (Wildman–Crippen LogP) is 1.98. The largest absolute Gasteiger partial charge is 0.399 e. The summed E-state index contributed by atoms with van der Waals surface area (Å²) < 4.78 is 0. The Labute approximate surface area is 73.3 Å². The SMILES string of the molecule is C=Cc1ccc(N)cc1N(C)C. The molecule has 0 amide bonds. The molecule has 0 spiro atoms. The van der Waals surface area contributed by atoms with Gasteiger partial charge in [0, 0.05) is 25.5 Å². The van der Waals surface area contributed by atoms with Crippen molar-refractivity contribution in [3.8, 4) is 0 Å². The normalized spacial score (nSPS) is 9.50. The molecule has 12 heavy (non-hydrogen) atoms. The molecule has 0 saturated heterocycles. The zero-order valence-corrected chi connectivity index (χ0v) is 7.54. The molecule has 1 aromatic rings. The van der Waals surface area contributed by atoms with Crippen LogP contribution in [0.3, 0.4) is 0 Å². The summed E-state index contributed by atoms with van der Waals surface area (Å²) in [7, 11) is 3.98. The van der Waals surface area contributed by atoms with Gasteiger partial charge in [-0.05, 0) is 17.7 Å². The van der Waals surface area contributed by atoms with E-state index in [1.54, 1.807) is 0 Å². The minimum absolute atomic E-state index is 0.782. The van der Waals surface area contributed by atoms with Gasteiger partial charge in [0.25, 0.3) is 0 Å². The first-order valence-electron chi connectivity index (χ1n) is 3.84. The summed E-state index contributed by atoms with van der Waals surface area (Å²) in [4.78, 5) is 2.02. The Balaban J connectivity index is 3.21. The number of rotatable bonds is 2. The lowest BCUT2D eigenvalue weighted by Gasteiger charge is -2.15. The van der Waals surface area contributed by atoms with E-state index in [2.05, 4.69) is 6.58 Å². The van der Waals surface area contributed by atoms with Crippen molar-refractivity contribution < 1.29 is 0 Å². The van der Waals surface area contributed by atoms with Crippen molar-refractivity contribution in [1.29, 1.82) is 0 Å². The van der Waals surface area contributed by atoms with E-state index in [1.165, 1.54) is 0 Å². The maximum atomic E-state index is 5.66. The number of hydrogen-bond acceptors (Lipinski definition) is 2. The van der Waals surface area contributed by atoms with Crippen molar-refractivity contribution in [2.24, 2.45) is 0 Å². The molecule has 0 unspecified atom stereocenters. The highest BCUT2D eigenvalue weighted by atomic mass is 15.1. The van der Waals surface area contributed by atoms with E-state index in [-0.39, 0.29) is 0 Å². The second kappa shape index (κ2) is 3.30. The lowest BCUT2D eigenvalue weighted by Crippen LogP contribution is -2.10. The van der Waals surface area contributed by atoms with Gasteiger partial charge >= 0.3 is 0 Å². The van der Waals surface area contributed by atoms with Gasteiger partial charge < -0.3 is 10.6 Å². The van der Waals surface area contributed by atoms with Gasteiger partial charge in [-0.2, -0.15) is 0 Å². The van der Waals surface area contributed by atoms with E-state index >= 15 is 0 Å². The Kier molecular flexibility index (Phi) is 2.38. The van der Waals surface area contributed by atoms with Crippen LogP contribution < -0.4 is 10.6 Å². The fraction of sp³-hybridized carbons (Fsp3) is 0.200. The van der Waals surface area contributed by atoms with Crippen molar-refractivity contribution in [2.75, 3.05) is 24.7 Å². The van der Waals surface area contributed by atoms with E-state index in [4.69, 9.17) is 5.73 Å². The molecule has 0 saturated carbocycles. The van der Waals surface area contributed by atoms with Crippen molar-refractivity contribution in [3.63, 3.8) is 0 Å². The molecular weight excluding hydrogens is 148 g/mol. The predicted molar refractivity (Wildman–Crippen MR) is 55.3 cm³/mol. The van der Waals surface area contributed by atoms with Gasteiger partial charge in [-0.15, -0.1) is 0 Å². The minimum atomic E-state index is 0.782. The molecule has 0 fully saturated rings. The molecule has 1 rings (SSSR count). The summed E-state index contributed by atoms with van der Waals surface area (Å²) in [5.74, 6) is 0. The summed E-state index contributed by atoms with van der Waals surface area (Å²) in [6, 6.07) is 5.79. The molecule has 0 aliphatic heterocycles. The molecule has 0 atom stereocenters. The summed E-state index contributed by atoms with van der Waals surface area (Å²) in [5.41, 5.74) is 8.65. The smallest absolute Gasteiger partial charge is 0.0455 e. The van der Waals surface area contributed by atoms with Crippen LogP contribution in [0.25, 0.3) is 6.08 Å². The second-order valence-electron chi connectivity index (χ2n) is 2.92. The number of nitrogens with two attached hydrogens (primary N) is 1. The molecule has 1 aromatic carbocycles. The van der Waals surface area contributed by atoms with Crippen LogP contribution in [0.15, 0.2) is 24.8 Å². The molecule has 0 bridgehead atoms. The number of benzene rings is 1. The van der Waals surface area contributed by atoms with Gasteiger partial charge in [0.05, 0.1) is 0 Å². The highest BCUT2D eigenvalue weighted by Gasteiger charge is 2.00. The monoisotopic (exact) mass is 162 g/mol. The molecule has 2 heteroatoms. The van der Waals surface area contributed by atoms with E-state index in [0.717, 1.165) is 16.9 Å². The van der Waals surface area contributed by atoms with Crippen LogP contribution in [0.4, 0.5) is 11.4 Å². The summed E-state index contributed by atoms with van der Waals surface area (Å²) in [5, 5.41) is 0. The molecule has 0 aromatic heterocycles. The van der Waals surface area contributed by atoms with Gasteiger partial charge in [0.15, 0.2) is 0 Å². The quantitative estimate of drug-likeness (QED) is 0.674. The minimum Gasteiger partial charge on any atom is -0.399 e. The summed E-state index contributed by atoms with van der Waals surface area (Å²) >= 11 is 0. The van der Waals surface area contributed by atoms with Crippen LogP contribution in [0.1, 0.15) is 5.56 Å². The first-order valence-corrected chi connectivity index (χ1v) is 3.84. The molecule has 2 N–H and O–H groups in total. The molecule has 0 aliphatic rings. The molecule has 64 valence electrons. The first-order chi connectivity index (χ1) is 5.65. The Hall–Kier alpha value is -1.44. The van der Waals surface area contributed by atoms with Crippen LogP contribution in [-0.2, 0) is 0 Å². The van der Waals surface area contributed by atoms with Crippen LogP contribution in [0, 0.1) is 0 Å². The molecule has 0 heterocycles. The maximum absolute atomic E-state index is 5.66. The number of nitrogens with zero attached hydrogens (tertiary/aromatic N) is 1. The lowest BCUT2D eigenvalue weighted by molar-refractivity contribution is 1.13. The Bertz CT molecular complexity index is 290. The Morgan fingerprint density at radius 1 is 1.42 bits per heavy atom. The Morgan fingerprint density at radius 2 is 2.08 bits per heavy atom. The number of nitrogen functional groups attached to an aromatic ring is 1. The molecular formula is C10H14N2. The van der Waals surface area contributed by atoms with E-state index in [9.17, 15) is 0 Å². The number of hydrogen-bond donors (Lipinski definition) is 1. The van der Waals surface area contributed by atoms with Crippen LogP contribution in [0.2, 0.25) is 0 Å². The highest BCUT2D eigenvalue weighted by Crippen LogP contribution is 2.22. The molecule has 0 aliphatic carbocycles. The zero-order chi connectivity index (χ0) is 9.14. The molecule has 2 nitrogen and oxygen atoms in total. The average Bonchev–Trinajstić information content (AvgIpc) is 2.04. The third-order valence-electron chi connectivity index (χ3n) is 1.76. The van der Waals surface area contributed by atoms with Crippen molar-refractivity contribution in [3.05, 3.63) is 30.3 Å². The van der Waals surface area contributed by atoms with Crippen LogP contribution in [0.5, 0.6) is 0 Å². The summed E-state index contributed by atoms with van der Waals surface area (Å²) in [6.45, 7) is 3.74. The summed E-state index contributed by atoms with van der Waals surface area (Å²) in [6.07, 6.45) is 1.83. The van der Waals surface area contributed by atoms with Gasteiger partial charge in [0.2, 0.25) is 0 Å². The lowest BCUT2D eigenvalue weighted by atomic mass is 10.1. The topological polar surface area (TPSA) is 29.3 Å². The van der Waals surface area contributed by atoms with Gasteiger partial charge in [0.1, 0.15) is 0 Å². The van der Waals surface area contributed by atoms with Crippen LogP contribution >= 0.6 is 0 Å². The second-order valence-corrected chi connectivity index (χ2v) is 2.92. The fourth-order valence-corrected chi connectivity index (χ4v) is 1.12. The maximum Gasteiger partial charge on any atom is 0.0455 e. The van der Waals surface area contributed by atoms with Crippen LogP contribution in [-0.4, -0.2) is 14.1 Å². The third kappa shape index (κ3) is 1.59. The van der Waals surface area contributed by atoms with Crippen molar-refractivity contribution >= 4 is 17.5 Å². The van der Waals surface area contributed by atoms with E-state index < -0.39 is 0 Å². The van der Waals surface area contributed by atoms with Crippen molar-refractivity contribution in [2.45, 2.75) is 0 Å². The number of anilines is 2. The van der Waals surface area contributed by atoms with Crippen molar-refractivity contribution in [1.82, 2.24) is 0 Å². The van der Waals surface area contributed by atoms with E-state index in [1.807, 2.05) is 43.3 Å². The van der Waals surface area contributed by atoms with Gasteiger partial charge in [-0.3, -0.25) is 0 Å². The first kappa shape index (κ1) is 8.65. The molecule has 0 radical (unpaired) electrons. The highest BCUT2D eigenvalue weighted by molar-refractivity contribution is 5.70. The zero-order valence-electron chi connectivity index (χ0n) is 7.54. The third-order valence-corrected chi connectivity index (χ3v) is 1.76. The van der Waals surface area contributed by atoms with E-state index in [0.29, 0.717) is 0 Å². The Morgan fingerprint density at radius 3 is 2.58 bits per heavy atom. The van der Waals surface area contributed by atoms with Gasteiger partial charge in [-0.1, -0.05) is 18.7 Å². The standard InChI is InChI=1S/C10H14N2/c1-4-8-5-6-9(11)7-10(8)12(2)3/h4-7H,1,11H2,2-3H3. The average molecular weight is 162 g/mol. The van der Waals surface area contributed by atoms with Gasteiger partial charge in [-0.25, -0.2) is 0 Å². The fourth-order valence-electron chi connectivity index (χ4n) is 1.12.